The molecule has 3 nitrogen and oxygen atoms in total. The highest BCUT2D eigenvalue weighted by Crippen LogP contribution is 2.19. The van der Waals surface area contributed by atoms with Gasteiger partial charge in [-0.15, -0.1) is 0 Å². The minimum atomic E-state index is -0.206. The highest BCUT2D eigenvalue weighted by atomic mass is 35.5. The third-order valence-electron chi connectivity index (χ3n) is 2.41. The molecule has 1 heterocycles. The highest BCUT2D eigenvalue weighted by molar-refractivity contribution is 6.35. The van der Waals surface area contributed by atoms with Crippen LogP contribution >= 0.6 is 23.2 Å². The molecule has 1 amide bonds. The average molecular weight is 257 g/mol. The van der Waals surface area contributed by atoms with Crippen molar-refractivity contribution >= 4 is 29.1 Å². The summed E-state index contributed by atoms with van der Waals surface area (Å²) >= 11 is 11.6. The van der Waals surface area contributed by atoms with Crippen LogP contribution in [-0.2, 0) is 0 Å². The molecule has 0 aromatic carbocycles. The van der Waals surface area contributed by atoms with E-state index in [2.05, 4.69) is 10.3 Å². The summed E-state index contributed by atoms with van der Waals surface area (Å²) in [6.07, 6.45) is 7.20. The fourth-order valence-corrected chi connectivity index (χ4v) is 1.93. The topological polar surface area (TPSA) is 42.0 Å². The van der Waals surface area contributed by atoms with Crippen molar-refractivity contribution in [3.63, 3.8) is 0 Å². The monoisotopic (exact) mass is 256 g/mol. The second-order valence-electron chi connectivity index (χ2n) is 3.60. The van der Waals surface area contributed by atoms with E-state index in [1.165, 1.54) is 12.3 Å². The second-order valence-corrected chi connectivity index (χ2v) is 4.39. The van der Waals surface area contributed by atoms with Crippen molar-refractivity contribution in [2.45, 2.75) is 18.9 Å². The molecule has 0 saturated heterocycles. The summed E-state index contributed by atoms with van der Waals surface area (Å²) in [5.41, 5.74) is 0.369. The van der Waals surface area contributed by atoms with Crippen molar-refractivity contribution in [3.8, 4) is 0 Å². The Kier molecular flexibility index (Phi) is 3.46. The van der Waals surface area contributed by atoms with Crippen LogP contribution in [0.1, 0.15) is 23.2 Å². The molecule has 5 heteroatoms. The highest BCUT2D eigenvalue weighted by Gasteiger charge is 2.17. The molecule has 0 aliphatic heterocycles. The molecule has 0 atom stereocenters. The fraction of sp³-hybridized carbons (Fsp3) is 0.273. The molecular formula is C11H10Cl2N2O. The van der Waals surface area contributed by atoms with Crippen molar-refractivity contribution in [3.05, 3.63) is 40.2 Å². The molecule has 84 valence electrons. The second kappa shape index (κ2) is 4.85. The Morgan fingerprint density at radius 3 is 2.75 bits per heavy atom. The van der Waals surface area contributed by atoms with Gasteiger partial charge in [0.1, 0.15) is 5.15 Å². The number of halogens is 2. The summed E-state index contributed by atoms with van der Waals surface area (Å²) < 4.78 is 0. The van der Waals surface area contributed by atoms with Crippen LogP contribution in [0, 0.1) is 0 Å². The van der Waals surface area contributed by atoms with E-state index in [4.69, 9.17) is 23.2 Å². The van der Waals surface area contributed by atoms with E-state index >= 15 is 0 Å². The van der Waals surface area contributed by atoms with Gasteiger partial charge in [0, 0.05) is 12.2 Å². The minimum absolute atomic E-state index is 0.163. The lowest BCUT2D eigenvalue weighted by molar-refractivity contribution is 0.0939. The third-order valence-corrected chi connectivity index (χ3v) is 2.92. The maximum atomic E-state index is 11.9. The zero-order valence-electron chi connectivity index (χ0n) is 8.41. The molecular weight excluding hydrogens is 247 g/mol. The molecule has 1 aromatic rings. The van der Waals surface area contributed by atoms with E-state index in [9.17, 15) is 4.79 Å². The maximum absolute atomic E-state index is 11.9. The van der Waals surface area contributed by atoms with Crippen molar-refractivity contribution in [2.75, 3.05) is 0 Å². The number of aromatic nitrogens is 1. The number of amides is 1. The van der Waals surface area contributed by atoms with E-state index in [0.29, 0.717) is 10.6 Å². The van der Waals surface area contributed by atoms with Gasteiger partial charge in [0.05, 0.1) is 10.6 Å². The molecule has 0 unspecified atom stereocenters. The van der Waals surface area contributed by atoms with Crippen molar-refractivity contribution < 1.29 is 4.79 Å². The quantitative estimate of drug-likeness (QED) is 0.653. The van der Waals surface area contributed by atoms with Crippen LogP contribution in [0.2, 0.25) is 10.2 Å². The van der Waals surface area contributed by atoms with Gasteiger partial charge in [0.2, 0.25) is 0 Å². The number of rotatable bonds is 2. The molecule has 0 saturated carbocycles. The van der Waals surface area contributed by atoms with Crippen LogP contribution in [-0.4, -0.2) is 16.9 Å². The van der Waals surface area contributed by atoms with Crippen LogP contribution in [0.15, 0.2) is 24.4 Å². The summed E-state index contributed by atoms with van der Waals surface area (Å²) in [4.78, 5) is 15.7. The maximum Gasteiger partial charge on any atom is 0.253 e. The SMILES string of the molecule is O=C(NC1CC=CC1)c1cc(Cl)ncc1Cl. The molecule has 0 spiro atoms. The smallest absolute Gasteiger partial charge is 0.253 e. The van der Waals surface area contributed by atoms with Crippen molar-refractivity contribution in [1.29, 1.82) is 0 Å². The first-order chi connectivity index (χ1) is 7.66. The van der Waals surface area contributed by atoms with E-state index in [1.807, 2.05) is 12.2 Å². The average Bonchev–Trinajstić information content (AvgIpc) is 2.74. The largest absolute Gasteiger partial charge is 0.349 e. The van der Waals surface area contributed by atoms with Crippen molar-refractivity contribution in [2.24, 2.45) is 0 Å². The van der Waals surface area contributed by atoms with Crippen LogP contribution in [0.5, 0.6) is 0 Å². The summed E-state index contributed by atoms with van der Waals surface area (Å²) in [6, 6.07) is 1.64. The number of nitrogens with one attached hydrogen (secondary N) is 1. The number of hydrogen-bond donors (Lipinski definition) is 1. The Balaban J connectivity index is 2.10. The zero-order valence-corrected chi connectivity index (χ0v) is 9.92. The molecule has 2 rings (SSSR count). The van der Waals surface area contributed by atoms with Gasteiger partial charge in [-0.25, -0.2) is 4.98 Å². The predicted octanol–water partition coefficient (Wildman–Crippen LogP) is 2.84. The molecule has 1 aliphatic carbocycles. The number of carbonyl (C=O) groups is 1. The minimum Gasteiger partial charge on any atom is -0.349 e. The predicted molar refractivity (Wildman–Crippen MR) is 63.9 cm³/mol. The van der Waals surface area contributed by atoms with Crippen LogP contribution in [0.4, 0.5) is 0 Å². The number of nitrogens with zero attached hydrogens (tertiary/aromatic N) is 1. The lowest BCUT2D eigenvalue weighted by Gasteiger charge is -2.12. The van der Waals surface area contributed by atoms with Crippen LogP contribution in [0.3, 0.4) is 0 Å². The Labute approximate surface area is 103 Å². The van der Waals surface area contributed by atoms with Gasteiger partial charge in [-0.3, -0.25) is 4.79 Å². The Morgan fingerprint density at radius 1 is 1.38 bits per heavy atom. The Hall–Kier alpha value is -1.06. The van der Waals surface area contributed by atoms with Crippen LogP contribution < -0.4 is 5.32 Å². The lowest BCUT2D eigenvalue weighted by atomic mass is 10.2. The van der Waals surface area contributed by atoms with Gasteiger partial charge < -0.3 is 5.32 Å². The number of carbonyl (C=O) groups excluding carboxylic acids is 1. The van der Waals surface area contributed by atoms with Gasteiger partial charge in [-0.2, -0.15) is 0 Å². The zero-order chi connectivity index (χ0) is 11.5. The molecule has 0 fully saturated rings. The molecule has 16 heavy (non-hydrogen) atoms. The lowest BCUT2D eigenvalue weighted by Crippen LogP contribution is -2.33. The van der Waals surface area contributed by atoms with E-state index < -0.39 is 0 Å². The van der Waals surface area contributed by atoms with Gasteiger partial charge in [-0.05, 0) is 18.9 Å². The molecule has 1 aromatic heterocycles. The van der Waals surface area contributed by atoms with Gasteiger partial charge in [0.15, 0.2) is 0 Å². The summed E-state index contributed by atoms with van der Waals surface area (Å²) in [6.45, 7) is 0. The molecule has 0 bridgehead atoms. The molecule has 1 N–H and O–H groups in total. The first kappa shape index (κ1) is 11.4. The van der Waals surface area contributed by atoms with Crippen molar-refractivity contribution in [1.82, 2.24) is 10.3 Å². The third kappa shape index (κ3) is 2.54. The summed E-state index contributed by atoms with van der Waals surface area (Å²) in [7, 11) is 0. The number of pyridine rings is 1. The first-order valence-electron chi connectivity index (χ1n) is 4.93. The fourth-order valence-electron chi connectivity index (χ4n) is 1.59. The van der Waals surface area contributed by atoms with Crippen LogP contribution in [0.25, 0.3) is 0 Å². The molecule has 1 aliphatic rings. The van der Waals surface area contributed by atoms with E-state index in [0.717, 1.165) is 12.8 Å². The summed E-state index contributed by atoms with van der Waals surface area (Å²) in [5, 5.41) is 3.47. The van der Waals surface area contributed by atoms with E-state index in [-0.39, 0.29) is 17.1 Å². The van der Waals surface area contributed by atoms with Gasteiger partial charge >= 0.3 is 0 Å². The van der Waals surface area contributed by atoms with Gasteiger partial charge in [-0.1, -0.05) is 35.4 Å². The Morgan fingerprint density at radius 2 is 2.06 bits per heavy atom. The van der Waals surface area contributed by atoms with Gasteiger partial charge in [0.25, 0.3) is 5.91 Å². The Bertz CT molecular complexity index is 438. The van der Waals surface area contributed by atoms with E-state index in [1.54, 1.807) is 0 Å². The number of hydrogen-bond acceptors (Lipinski definition) is 2. The molecule has 0 radical (unpaired) electrons. The normalized spacial score (nSPS) is 15.4. The first-order valence-corrected chi connectivity index (χ1v) is 5.69. The summed E-state index contributed by atoms with van der Waals surface area (Å²) in [5.74, 6) is -0.206. The standard InChI is InChI=1S/C11H10Cl2N2O/c12-9-6-14-10(13)5-8(9)11(16)15-7-3-1-2-4-7/h1-2,5-7H,3-4H2,(H,15,16).